The summed E-state index contributed by atoms with van der Waals surface area (Å²) in [6.45, 7) is 14.7. The Morgan fingerprint density at radius 3 is 1.05 bits per heavy atom. The first-order valence-corrected chi connectivity index (χ1v) is 12.1. The van der Waals surface area contributed by atoms with Crippen molar-refractivity contribution >= 4 is 8.07 Å². The average molecular weight is 299 g/mol. The molecule has 0 rings (SSSR count). The van der Waals surface area contributed by atoms with Crippen LogP contribution in [-0.4, -0.2) is 8.07 Å². The van der Waals surface area contributed by atoms with E-state index in [1.165, 1.54) is 57.8 Å². The molecule has 0 saturated carbocycles. The maximum Gasteiger partial charge on any atom is 0.0589 e. The van der Waals surface area contributed by atoms with E-state index in [4.69, 9.17) is 0 Å². The molecular weight excluding hydrogens is 256 g/mol. The van der Waals surface area contributed by atoms with Crippen molar-refractivity contribution in [2.24, 2.45) is 0 Å². The summed E-state index contributed by atoms with van der Waals surface area (Å²) in [5.41, 5.74) is 0. The van der Waals surface area contributed by atoms with Crippen LogP contribution in [0.4, 0.5) is 0 Å². The monoisotopic (exact) mass is 298 g/mol. The lowest BCUT2D eigenvalue weighted by molar-refractivity contribution is 0.636. The summed E-state index contributed by atoms with van der Waals surface area (Å²) in [7, 11) is -1.11. The second kappa shape index (κ2) is 10.9. The van der Waals surface area contributed by atoms with Gasteiger partial charge in [0.2, 0.25) is 0 Å². The van der Waals surface area contributed by atoms with Crippen molar-refractivity contribution in [3.63, 3.8) is 0 Å². The van der Waals surface area contributed by atoms with E-state index < -0.39 is 8.07 Å². The van der Waals surface area contributed by atoms with Crippen molar-refractivity contribution in [2.75, 3.05) is 0 Å². The highest BCUT2D eigenvalue weighted by Crippen LogP contribution is 2.47. The zero-order chi connectivity index (χ0) is 15.5. The molecule has 0 aromatic heterocycles. The van der Waals surface area contributed by atoms with Gasteiger partial charge in [-0.2, -0.15) is 0 Å². The summed E-state index contributed by atoms with van der Waals surface area (Å²) in [6.07, 6.45) is 13.0. The topological polar surface area (TPSA) is 0 Å². The summed E-state index contributed by atoms with van der Waals surface area (Å²) < 4.78 is 0. The van der Waals surface area contributed by atoms with Gasteiger partial charge in [-0.05, 0) is 5.04 Å². The summed E-state index contributed by atoms with van der Waals surface area (Å²) >= 11 is 0. The van der Waals surface area contributed by atoms with E-state index in [0.29, 0.717) is 5.04 Å². The third-order valence-electron chi connectivity index (χ3n) is 5.37. The van der Waals surface area contributed by atoms with Crippen LogP contribution in [-0.2, 0) is 0 Å². The van der Waals surface area contributed by atoms with Gasteiger partial charge < -0.3 is 0 Å². The molecule has 0 spiro atoms. The molecule has 1 heteroatoms. The summed E-state index contributed by atoms with van der Waals surface area (Å²) in [4.78, 5) is 0. The normalized spacial score (nSPS) is 12.9. The van der Waals surface area contributed by atoms with Crippen LogP contribution in [0.25, 0.3) is 0 Å². The maximum absolute atomic E-state index is 2.56. The van der Waals surface area contributed by atoms with E-state index in [9.17, 15) is 0 Å². The second-order valence-electron chi connectivity index (χ2n) is 7.90. The molecule has 122 valence electrons. The van der Waals surface area contributed by atoms with Crippen LogP contribution < -0.4 is 0 Å². The molecule has 0 radical (unpaired) electrons. The zero-order valence-corrected chi connectivity index (χ0v) is 16.5. The quantitative estimate of drug-likeness (QED) is 0.254. The van der Waals surface area contributed by atoms with Crippen LogP contribution in [0.5, 0.6) is 0 Å². The standard InChI is InChI=1S/C19H42Si/c1-7-10-13-16-20(19(4,5)6,17-14-11-8-2)18-15-12-9-3/h7-18H2,1-6H3. The molecule has 0 aliphatic carbocycles. The van der Waals surface area contributed by atoms with E-state index in [1.807, 2.05) is 0 Å². The molecule has 0 amide bonds. The van der Waals surface area contributed by atoms with Crippen molar-refractivity contribution in [2.45, 2.75) is 123 Å². The average Bonchev–Trinajstić information content (AvgIpc) is 2.37. The molecule has 0 aromatic carbocycles. The first kappa shape index (κ1) is 20.2. The van der Waals surface area contributed by atoms with Gasteiger partial charge in [0, 0.05) is 0 Å². The Balaban J connectivity index is 4.77. The van der Waals surface area contributed by atoms with Gasteiger partial charge in [-0.15, -0.1) is 0 Å². The van der Waals surface area contributed by atoms with Gasteiger partial charge in [-0.1, -0.05) is 117 Å². The summed E-state index contributed by atoms with van der Waals surface area (Å²) in [5, 5.41) is 0.599. The minimum Gasteiger partial charge on any atom is -0.0654 e. The van der Waals surface area contributed by atoms with E-state index in [1.54, 1.807) is 18.1 Å². The maximum atomic E-state index is 2.56. The van der Waals surface area contributed by atoms with Crippen LogP contribution in [0.1, 0.15) is 99.3 Å². The molecule has 0 bridgehead atoms. The number of hydrogen-bond acceptors (Lipinski definition) is 0. The van der Waals surface area contributed by atoms with Gasteiger partial charge >= 0.3 is 0 Å². The van der Waals surface area contributed by atoms with Crippen molar-refractivity contribution in [3.8, 4) is 0 Å². The highest BCUT2D eigenvalue weighted by molar-refractivity contribution is 6.82. The molecular formula is C19H42Si. The molecule has 0 aromatic rings. The van der Waals surface area contributed by atoms with Gasteiger partial charge in [0.15, 0.2) is 0 Å². The van der Waals surface area contributed by atoms with Gasteiger partial charge in [-0.25, -0.2) is 0 Å². The van der Waals surface area contributed by atoms with Crippen molar-refractivity contribution in [1.29, 1.82) is 0 Å². The number of rotatable bonds is 12. The Kier molecular flexibility index (Phi) is 11.0. The Bertz CT molecular complexity index is 188. The SMILES string of the molecule is CCCCC[Si](CCCCC)(CCCCC)C(C)(C)C. The Morgan fingerprint density at radius 2 is 0.850 bits per heavy atom. The molecule has 0 aliphatic rings. The molecule has 20 heavy (non-hydrogen) atoms. The molecule has 0 saturated heterocycles. The lowest BCUT2D eigenvalue weighted by Crippen LogP contribution is -2.43. The highest BCUT2D eigenvalue weighted by Gasteiger charge is 2.41. The highest BCUT2D eigenvalue weighted by atomic mass is 28.3. The van der Waals surface area contributed by atoms with Crippen molar-refractivity contribution < 1.29 is 0 Å². The molecule has 0 heterocycles. The predicted molar refractivity (Wildman–Crippen MR) is 98.5 cm³/mol. The third-order valence-corrected chi connectivity index (χ3v) is 12.5. The van der Waals surface area contributed by atoms with Gasteiger partial charge in [-0.3, -0.25) is 0 Å². The van der Waals surface area contributed by atoms with E-state index in [-0.39, 0.29) is 0 Å². The van der Waals surface area contributed by atoms with Crippen LogP contribution in [0, 0.1) is 0 Å². The first-order chi connectivity index (χ1) is 9.43. The molecule has 0 N–H and O–H groups in total. The minimum atomic E-state index is -1.11. The predicted octanol–water partition coefficient (Wildman–Crippen LogP) is 7.81. The summed E-state index contributed by atoms with van der Waals surface area (Å²) in [6, 6.07) is 4.79. The number of unbranched alkanes of at least 4 members (excludes halogenated alkanes) is 6. The Morgan fingerprint density at radius 1 is 0.550 bits per heavy atom. The van der Waals surface area contributed by atoms with E-state index in [0.717, 1.165) is 0 Å². The van der Waals surface area contributed by atoms with Gasteiger partial charge in [0.25, 0.3) is 0 Å². The second-order valence-corrected chi connectivity index (χ2v) is 13.5. The van der Waals surface area contributed by atoms with E-state index >= 15 is 0 Å². The summed E-state index contributed by atoms with van der Waals surface area (Å²) in [5.74, 6) is 0. The fourth-order valence-electron chi connectivity index (χ4n) is 3.64. The lowest BCUT2D eigenvalue weighted by atomic mass is 10.2. The fraction of sp³-hybridized carbons (Fsp3) is 1.00. The molecule has 0 aliphatic heterocycles. The molecule has 0 atom stereocenters. The smallest absolute Gasteiger partial charge is 0.0589 e. The third kappa shape index (κ3) is 7.29. The van der Waals surface area contributed by atoms with Crippen molar-refractivity contribution in [1.82, 2.24) is 0 Å². The molecule has 0 fully saturated rings. The van der Waals surface area contributed by atoms with Gasteiger partial charge in [0.1, 0.15) is 0 Å². The van der Waals surface area contributed by atoms with Crippen LogP contribution in [0.3, 0.4) is 0 Å². The Hall–Kier alpha value is 0.217. The zero-order valence-electron chi connectivity index (χ0n) is 15.5. The minimum absolute atomic E-state index is 0.599. The van der Waals surface area contributed by atoms with Crippen LogP contribution in [0.15, 0.2) is 0 Å². The fourth-order valence-corrected chi connectivity index (χ4v) is 9.42. The first-order valence-electron chi connectivity index (χ1n) is 9.43. The van der Waals surface area contributed by atoms with Gasteiger partial charge in [0.05, 0.1) is 8.07 Å². The lowest BCUT2D eigenvalue weighted by Gasteiger charge is -2.44. The van der Waals surface area contributed by atoms with Crippen LogP contribution >= 0.6 is 0 Å². The Labute approximate surface area is 131 Å². The largest absolute Gasteiger partial charge is 0.0654 e. The number of hydrogen-bond donors (Lipinski definition) is 0. The van der Waals surface area contributed by atoms with E-state index in [2.05, 4.69) is 41.5 Å². The molecule has 0 nitrogen and oxygen atoms in total. The van der Waals surface area contributed by atoms with Crippen LogP contribution in [0.2, 0.25) is 23.2 Å². The van der Waals surface area contributed by atoms with Crippen molar-refractivity contribution in [3.05, 3.63) is 0 Å². The molecule has 0 unspecified atom stereocenters.